The second-order valence-corrected chi connectivity index (χ2v) is 6.38. The van der Waals surface area contributed by atoms with E-state index in [1.807, 2.05) is 31.2 Å². The van der Waals surface area contributed by atoms with E-state index in [0.717, 1.165) is 22.2 Å². The fourth-order valence-electron chi connectivity index (χ4n) is 3.61. The molecule has 0 aliphatic rings. The molecule has 3 N–H and O–H groups in total. The van der Waals surface area contributed by atoms with E-state index < -0.39 is 18.4 Å². The molecule has 0 aliphatic carbocycles. The van der Waals surface area contributed by atoms with Crippen molar-refractivity contribution >= 4 is 33.7 Å². The Labute approximate surface area is 154 Å². The fraction of sp³-hybridized carbons (Fsp3) is 0.0952. The molecule has 0 saturated heterocycles. The van der Waals surface area contributed by atoms with E-state index in [4.69, 9.17) is 0 Å². The summed E-state index contributed by atoms with van der Waals surface area (Å²) in [6.45, 7) is 1.87. The summed E-state index contributed by atoms with van der Waals surface area (Å²) >= 11 is 0. The summed E-state index contributed by atoms with van der Waals surface area (Å²) in [6.07, 6.45) is -0.423. The van der Waals surface area contributed by atoms with Crippen LogP contribution in [0.2, 0.25) is 0 Å². The minimum atomic E-state index is -1.16. The Bertz CT molecular complexity index is 1220. The molecular formula is C21H16N2O4. The van der Waals surface area contributed by atoms with E-state index in [1.54, 1.807) is 24.3 Å². The number of rotatable bonds is 4. The molecule has 0 unspecified atom stereocenters. The van der Waals surface area contributed by atoms with Gasteiger partial charge < -0.3 is 15.2 Å². The van der Waals surface area contributed by atoms with Crippen molar-refractivity contribution in [2.45, 2.75) is 13.3 Å². The quantitative estimate of drug-likeness (QED) is 0.510. The number of aliphatic carboxylic acids is 1. The number of H-pyrrole nitrogens is 1. The summed E-state index contributed by atoms with van der Waals surface area (Å²) in [4.78, 5) is 31.5. The maximum absolute atomic E-state index is 12.1. The first-order valence-electron chi connectivity index (χ1n) is 8.41. The molecule has 134 valence electrons. The summed E-state index contributed by atoms with van der Waals surface area (Å²) in [5, 5.41) is 20.6. The number of aromatic carboxylic acids is 1. The van der Waals surface area contributed by atoms with Gasteiger partial charge in [0.25, 0.3) is 0 Å². The highest BCUT2D eigenvalue weighted by Crippen LogP contribution is 2.36. The van der Waals surface area contributed by atoms with Crippen LogP contribution >= 0.6 is 0 Å². The zero-order valence-electron chi connectivity index (χ0n) is 14.5. The Morgan fingerprint density at radius 2 is 1.67 bits per heavy atom. The Balaban J connectivity index is 2.18. The van der Waals surface area contributed by atoms with Crippen molar-refractivity contribution in [2.75, 3.05) is 0 Å². The summed E-state index contributed by atoms with van der Waals surface area (Å²) in [6, 6.07) is 14.5. The lowest BCUT2D eigenvalue weighted by Crippen LogP contribution is -2.12. The third kappa shape index (κ3) is 2.71. The van der Waals surface area contributed by atoms with Gasteiger partial charge in [0.15, 0.2) is 0 Å². The molecule has 0 amide bonds. The molecule has 2 heterocycles. The largest absolute Gasteiger partial charge is 0.481 e. The van der Waals surface area contributed by atoms with Crippen LogP contribution in [0.1, 0.15) is 21.6 Å². The molecule has 0 bridgehead atoms. The van der Waals surface area contributed by atoms with Crippen LogP contribution in [0.15, 0.2) is 48.5 Å². The maximum atomic E-state index is 12.1. The van der Waals surface area contributed by atoms with E-state index in [2.05, 4.69) is 9.97 Å². The number of hydrogen-bond donors (Lipinski definition) is 3. The third-order valence-electron chi connectivity index (χ3n) is 4.67. The molecule has 0 spiro atoms. The van der Waals surface area contributed by atoms with E-state index in [1.165, 1.54) is 0 Å². The van der Waals surface area contributed by atoms with Crippen molar-refractivity contribution in [3.8, 4) is 11.3 Å². The molecule has 0 atom stereocenters. The lowest BCUT2D eigenvalue weighted by molar-refractivity contribution is -0.136. The van der Waals surface area contributed by atoms with Gasteiger partial charge in [-0.05, 0) is 19.1 Å². The molecule has 0 aliphatic heterocycles. The van der Waals surface area contributed by atoms with Gasteiger partial charge >= 0.3 is 11.9 Å². The van der Waals surface area contributed by atoms with Gasteiger partial charge in [0.2, 0.25) is 0 Å². The number of carboxylic acids is 2. The first kappa shape index (κ1) is 16.8. The molecule has 27 heavy (non-hydrogen) atoms. The highest BCUT2D eigenvalue weighted by molar-refractivity contribution is 6.08. The first-order chi connectivity index (χ1) is 13.0. The number of hydrogen-bond acceptors (Lipinski definition) is 3. The number of pyridine rings is 1. The predicted molar refractivity (Wildman–Crippen MR) is 102 cm³/mol. The van der Waals surface area contributed by atoms with Gasteiger partial charge in [-0.1, -0.05) is 36.4 Å². The fourth-order valence-corrected chi connectivity index (χ4v) is 3.61. The van der Waals surface area contributed by atoms with Gasteiger partial charge in [0.05, 0.1) is 23.2 Å². The SMILES string of the molecule is Cc1[nH]c2ccccc2c1-c1nc2ccccc2c(C(=O)O)c1CC(=O)O. The smallest absolute Gasteiger partial charge is 0.336 e. The lowest BCUT2D eigenvalue weighted by atomic mass is 9.93. The van der Waals surface area contributed by atoms with Crippen LogP contribution in [0.25, 0.3) is 33.1 Å². The van der Waals surface area contributed by atoms with Gasteiger partial charge in [-0.2, -0.15) is 0 Å². The second-order valence-electron chi connectivity index (χ2n) is 6.38. The molecule has 6 nitrogen and oxygen atoms in total. The summed E-state index contributed by atoms with van der Waals surface area (Å²) in [5.41, 5.74) is 3.53. The monoisotopic (exact) mass is 360 g/mol. The molecule has 0 saturated carbocycles. The van der Waals surface area contributed by atoms with Crippen molar-refractivity contribution in [1.82, 2.24) is 9.97 Å². The highest BCUT2D eigenvalue weighted by Gasteiger charge is 2.25. The Hall–Kier alpha value is -3.67. The zero-order valence-corrected chi connectivity index (χ0v) is 14.5. The van der Waals surface area contributed by atoms with Crippen LogP contribution < -0.4 is 0 Å². The highest BCUT2D eigenvalue weighted by atomic mass is 16.4. The number of aromatic nitrogens is 2. The topological polar surface area (TPSA) is 103 Å². The van der Waals surface area contributed by atoms with Crippen LogP contribution in [-0.2, 0) is 11.2 Å². The molecule has 0 fully saturated rings. The van der Waals surface area contributed by atoms with E-state index in [0.29, 0.717) is 16.6 Å². The van der Waals surface area contributed by atoms with Crippen LogP contribution in [0, 0.1) is 6.92 Å². The summed E-state index contributed by atoms with van der Waals surface area (Å²) in [7, 11) is 0. The van der Waals surface area contributed by atoms with Crippen LogP contribution in [-0.4, -0.2) is 32.1 Å². The Morgan fingerprint density at radius 3 is 2.37 bits per heavy atom. The number of aryl methyl sites for hydroxylation is 1. The van der Waals surface area contributed by atoms with Gasteiger partial charge in [-0.15, -0.1) is 0 Å². The average molecular weight is 360 g/mol. The molecule has 4 rings (SSSR count). The van der Waals surface area contributed by atoms with Gasteiger partial charge in [0, 0.05) is 33.1 Å². The maximum Gasteiger partial charge on any atom is 0.336 e. The molecular weight excluding hydrogens is 344 g/mol. The van der Waals surface area contributed by atoms with Crippen molar-refractivity contribution in [2.24, 2.45) is 0 Å². The van der Waals surface area contributed by atoms with Crippen LogP contribution in [0.4, 0.5) is 0 Å². The number of carbonyl (C=O) groups is 2. The number of nitrogens with zero attached hydrogens (tertiary/aromatic N) is 1. The number of benzene rings is 2. The lowest BCUT2D eigenvalue weighted by Gasteiger charge is -2.14. The van der Waals surface area contributed by atoms with Gasteiger partial charge in [-0.25, -0.2) is 9.78 Å². The minimum Gasteiger partial charge on any atom is -0.481 e. The van der Waals surface area contributed by atoms with E-state index in [-0.39, 0.29) is 11.1 Å². The molecule has 0 radical (unpaired) electrons. The normalized spacial score (nSPS) is 11.1. The van der Waals surface area contributed by atoms with Gasteiger partial charge in [0.1, 0.15) is 0 Å². The average Bonchev–Trinajstić information content (AvgIpc) is 2.96. The summed E-state index contributed by atoms with van der Waals surface area (Å²) < 4.78 is 0. The second kappa shape index (κ2) is 6.25. The number of nitrogens with one attached hydrogen (secondary N) is 1. The van der Waals surface area contributed by atoms with Crippen molar-refractivity contribution in [1.29, 1.82) is 0 Å². The van der Waals surface area contributed by atoms with Crippen molar-refractivity contribution < 1.29 is 19.8 Å². The van der Waals surface area contributed by atoms with E-state index >= 15 is 0 Å². The molecule has 6 heteroatoms. The number of aromatic amines is 1. The Kier molecular flexibility index (Phi) is 3.88. The van der Waals surface area contributed by atoms with Gasteiger partial charge in [-0.3, -0.25) is 4.79 Å². The van der Waals surface area contributed by atoms with Crippen molar-refractivity contribution in [3.63, 3.8) is 0 Å². The third-order valence-corrected chi connectivity index (χ3v) is 4.67. The first-order valence-corrected chi connectivity index (χ1v) is 8.41. The minimum absolute atomic E-state index is 0.0114. The van der Waals surface area contributed by atoms with Crippen LogP contribution in [0.3, 0.4) is 0 Å². The molecule has 2 aromatic heterocycles. The zero-order chi connectivity index (χ0) is 19.1. The van der Waals surface area contributed by atoms with Crippen molar-refractivity contribution in [3.05, 3.63) is 65.4 Å². The Morgan fingerprint density at radius 1 is 1.00 bits per heavy atom. The molecule has 2 aromatic carbocycles. The summed E-state index contributed by atoms with van der Waals surface area (Å²) in [5.74, 6) is -2.27. The predicted octanol–water partition coefficient (Wildman–Crippen LogP) is 4.02. The van der Waals surface area contributed by atoms with E-state index in [9.17, 15) is 19.8 Å². The number of para-hydroxylation sites is 2. The number of carboxylic acid groups (broad SMARTS) is 2. The molecule has 4 aromatic rings. The standard InChI is InChI=1S/C21H16N2O4/c1-11-18(12-6-2-4-8-15(12)22-11)20-14(10-17(24)25)19(21(26)27)13-7-3-5-9-16(13)23-20/h2-9,22H,10H2,1H3,(H,24,25)(H,26,27). The number of fused-ring (bicyclic) bond motifs is 2. The van der Waals surface area contributed by atoms with Crippen LogP contribution in [0.5, 0.6) is 0 Å².